The molecule has 0 radical (unpaired) electrons. The molecule has 1 aromatic heterocycles. The number of nitrogens with one attached hydrogen (secondary N) is 1. The number of aliphatic hydroxyl groups excluding tert-OH is 1. The number of hydrogen-bond donors (Lipinski definition) is 3. The van der Waals surface area contributed by atoms with Crippen molar-refractivity contribution in [2.75, 3.05) is 26.1 Å². The number of anilines is 1. The van der Waals surface area contributed by atoms with E-state index >= 15 is 0 Å². The number of halogens is 1. The van der Waals surface area contributed by atoms with Crippen molar-refractivity contribution in [1.29, 1.82) is 0 Å². The van der Waals surface area contributed by atoms with Crippen LogP contribution in [0.3, 0.4) is 0 Å². The van der Waals surface area contributed by atoms with E-state index in [-0.39, 0.29) is 37.0 Å². The number of imidazole rings is 1. The summed E-state index contributed by atoms with van der Waals surface area (Å²) in [6, 6.07) is 0. The molecule has 173 valence electrons. The summed E-state index contributed by atoms with van der Waals surface area (Å²) in [5, 5.41) is 12.7. The van der Waals surface area contributed by atoms with Crippen molar-refractivity contribution in [3.05, 3.63) is 24.3 Å². The van der Waals surface area contributed by atoms with Gasteiger partial charge in [-0.15, -0.1) is 0 Å². The smallest absolute Gasteiger partial charge is 0.693 e. The minimum Gasteiger partial charge on any atom is -0.693 e. The van der Waals surface area contributed by atoms with E-state index in [1.54, 1.807) is 23.3 Å². The van der Waals surface area contributed by atoms with Crippen LogP contribution < -0.4 is 15.9 Å². The van der Waals surface area contributed by atoms with E-state index in [2.05, 4.69) is 29.2 Å². The molecule has 5 atom stereocenters. The van der Waals surface area contributed by atoms with Crippen LogP contribution in [-0.4, -0.2) is 53.7 Å². The fourth-order valence-corrected chi connectivity index (χ4v) is 3.40. The molecule has 0 bridgehead atoms. The Labute approximate surface area is 182 Å². The molecular weight excluding hydrogens is 616 g/mol. The summed E-state index contributed by atoms with van der Waals surface area (Å²) in [5.41, 5.74) is 5.92. The third-order valence-electron chi connectivity index (χ3n) is 3.88. The molecule has 2 aliphatic heterocycles. The predicted octanol–water partition coefficient (Wildman–Crippen LogP) is 1.17. The third-order valence-corrected chi connectivity index (χ3v) is 4.86. The fourth-order valence-electron chi connectivity index (χ4n) is 2.76. The van der Waals surface area contributed by atoms with Gasteiger partial charge in [0.15, 0.2) is 12.2 Å². The molecule has 0 spiro atoms. The zero-order chi connectivity index (χ0) is 20.2. The van der Waals surface area contributed by atoms with Gasteiger partial charge in [0.2, 0.25) is 0 Å². The zero-order valence-corrected chi connectivity index (χ0v) is 19.3. The van der Waals surface area contributed by atoms with E-state index in [1.807, 2.05) is 0 Å². The van der Waals surface area contributed by atoms with Crippen molar-refractivity contribution in [2.24, 2.45) is 10.7 Å². The Bertz CT molecular complexity index is 727. The van der Waals surface area contributed by atoms with Gasteiger partial charge in [0.1, 0.15) is 23.8 Å². The van der Waals surface area contributed by atoms with Gasteiger partial charge in [-0.1, -0.05) is 0 Å². The molecule has 0 saturated carbocycles. The molecule has 1 fully saturated rings. The molecule has 0 aromatic carbocycles. The standard InChI is InChI=1S/C12H20N5O7P.ClH.2H2N.Pt/c1-21-4-7-6(24-25(19,20)22-2)3-8(23-7)17-5-14-9-10(17)15-12(13)16-11(9)18;;;;/h5-8,11,18H,3-4H2,1-2H3,(H,19,20)(H3,13,15,16);1H;2*1H2;/q;;2*-1;+1/p-2/t6-,7-,8-,11?;;;;/m1..../s1. The topological polar surface area (TPSA) is 233 Å². The van der Waals surface area contributed by atoms with Crippen LogP contribution in [0.4, 0.5) is 5.82 Å². The molecule has 17 heteroatoms. The number of methoxy groups -OCH3 is 1. The quantitative estimate of drug-likeness (QED) is 0.376. The maximum Gasteiger partial charge on any atom is -0.693 e. The zero-order valence-electron chi connectivity index (χ0n) is 15.4. The average molecular weight is 639 g/mol. The monoisotopic (exact) mass is 638 g/mol. The molecule has 2 unspecified atom stereocenters. The summed E-state index contributed by atoms with van der Waals surface area (Å²) in [7, 11) is 2.66. The number of nitrogens with two attached hydrogens (primary N) is 3. The van der Waals surface area contributed by atoms with Gasteiger partial charge < -0.3 is 51.9 Å². The predicted molar refractivity (Wildman–Crippen MR) is 98.7 cm³/mol. The molecule has 29 heavy (non-hydrogen) atoms. The second kappa shape index (κ2) is 12.3. The molecule has 1 saturated heterocycles. The number of guanidine groups is 1. The molecule has 3 rings (SSSR count). The number of aromatic nitrogens is 2. The van der Waals surface area contributed by atoms with E-state index in [9.17, 15) is 14.6 Å². The third kappa shape index (κ3) is 6.67. The summed E-state index contributed by atoms with van der Waals surface area (Å²) in [5.74, 6) is 0.447. The van der Waals surface area contributed by atoms with Gasteiger partial charge in [-0.3, -0.25) is 9.13 Å². The van der Waals surface area contributed by atoms with Crippen molar-refractivity contribution in [1.82, 2.24) is 9.55 Å². The molecule has 3 heterocycles. The Morgan fingerprint density at radius 1 is 1.52 bits per heavy atom. The van der Waals surface area contributed by atoms with Gasteiger partial charge in [-0.25, -0.2) is 9.98 Å². The second-order valence-electron chi connectivity index (χ2n) is 5.49. The van der Waals surface area contributed by atoms with E-state index in [0.717, 1.165) is 7.11 Å². The SMILES string of the molecule is COC[C@H]1O[C@@H](n2cnc3c2NC(N)=NC3O)C[C@H]1OP(=O)([O-])OC.[Cl][Pt].[NH2-].[NH2-]. The maximum atomic E-state index is 11.6. The van der Waals surface area contributed by atoms with E-state index in [0.29, 0.717) is 5.82 Å². The first-order valence-corrected chi connectivity index (χ1v) is 11.8. The first kappa shape index (κ1) is 28.4. The van der Waals surface area contributed by atoms with Gasteiger partial charge in [-0.2, -0.15) is 0 Å². The van der Waals surface area contributed by atoms with Crippen molar-refractivity contribution >= 4 is 29.0 Å². The molecule has 1 aromatic rings. The van der Waals surface area contributed by atoms with Crippen molar-refractivity contribution in [3.8, 4) is 0 Å². The van der Waals surface area contributed by atoms with Crippen LogP contribution >= 0.6 is 17.2 Å². The van der Waals surface area contributed by atoms with Crippen LogP contribution in [0.2, 0.25) is 0 Å². The molecule has 14 nitrogen and oxygen atoms in total. The number of phosphoric acid groups is 1. The first-order chi connectivity index (χ1) is 12.8. The van der Waals surface area contributed by atoms with Crippen molar-refractivity contribution in [3.63, 3.8) is 0 Å². The van der Waals surface area contributed by atoms with Crippen molar-refractivity contribution in [2.45, 2.75) is 31.1 Å². The number of ether oxygens (including phenoxy) is 2. The molecule has 2 aliphatic rings. The fraction of sp³-hybridized carbons (Fsp3) is 0.667. The molecular formula is C12H23ClN7O7PPt-3. The number of aliphatic imine (C=N–C) groups is 1. The Kier molecular flexibility index (Phi) is 12.0. The van der Waals surface area contributed by atoms with Crippen LogP contribution in [0.15, 0.2) is 11.3 Å². The van der Waals surface area contributed by atoms with Gasteiger partial charge in [0, 0.05) is 20.6 Å². The molecule has 8 N–H and O–H groups in total. The number of phosphoric ester groups is 1. The van der Waals surface area contributed by atoms with E-state index < -0.39 is 32.5 Å². The van der Waals surface area contributed by atoms with E-state index in [4.69, 9.17) is 19.7 Å². The van der Waals surface area contributed by atoms with Crippen LogP contribution in [0, 0.1) is 0 Å². The number of nitrogens with zero attached hydrogens (tertiary/aromatic N) is 3. The second-order valence-corrected chi connectivity index (χ2v) is 6.96. The van der Waals surface area contributed by atoms with Gasteiger partial charge in [-0.05, 0) is 0 Å². The van der Waals surface area contributed by atoms with Crippen LogP contribution in [0.25, 0.3) is 12.3 Å². The largest absolute Gasteiger partial charge is 0.693 e. The Morgan fingerprint density at radius 3 is 2.76 bits per heavy atom. The van der Waals surface area contributed by atoms with Crippen molar-refractivity contribution < 1.29 is 51.9 Å². The average Bonchev–Trinajstić information content (AvgIpc) is 3.21. The Balaban J connectivity index is 0.00000190. The van der Waals surface area contributed by atoms with E-state index in [1.165, 1.54) is 13.4 Å². The minimum absolute atomic E-state index is 0. The van der Waals surface area contributed by atoms with Crippen LogP contribution in [0.1, 0.15) is 24.6 Å². The minimum atomic E-state index is -4.43. The summed E-state index contributed by atoms with van der Waals surface area (Å²) in [6.07, 6.45) is -1.59. The molecule has 0 aliphatic carbocycles. The summed E-state index contributed by atoms with van der Waals surface area (Å²) in [4.78, 5) is 19.5. The summed E-state index contributed by atoms with van der Waals surface area (Å²) >= 11 is 1.61. The normalized spacial score (nSPS) is 27.1. The maximum absolute atomic E-state index is 11.6. The summed E-state index contributed by atoms with van der Waals surface area (Å²) in [6.45, 7) is 0.126. The Morgan fingerprint density at radius 2 is 2.17 bits per heavy atom. The number of hydrogen-bond acceptors (Lipinski definition) is 11. The van der Waals surface area contributed by atoms with Crippen LogP contribution in [0.5, 0.6) is 0 Å². The van der Waals surface area contributed by atoms with Crippen LogP contribution in [-0.2, 0) is 41.9 Å². The first-order valence-electron chi connectivity index (χ1n) is 7.51. The number of aliphatic hydroxyl groups is 1. The van der Waals surface area contributed by atoms with Gasteiger partial charge in [0.25, 0.3) is 7.82 Å². The van der Waals surface area contributed by atoms with Gasteiger partial charge in [0.05, 0.1) is 19.0 Å². The van der Waals surface area contributed by atoms with Gasteiger partial charge >= 0.3 is 28.2 Å². The Hall–Kier alpha value is -0.632. The number of fused-ring (bicyclic) bond motifs is 1. The summed E-state index contributed by atoms with van der Waals surface area (Å²) < 4.78 is 33.5. The number of rotatable bonds is 6. The molecule has 0 amide bonds.